The quantitative estimate of drug-likeness (QED) is 0.830. The zero-order valence-corrected chi connectivity index (χ0v) is 12.6. The number of likely N-dealkylation sites (tertiary alicyclic amines) is 1. The van der Waals surface area contributed by atoms with Crippen LogP contribution >= 0.6 is 0 Å². The summed E-state index contributed by atoms with van der Waals surface area (Å²) in [5.41, 5.74) is 0. The monoisotopic (exact) mass is 278 g/mol. The molecule has 2 rings (SSSR count). The van der Waals surface area contributed by atoms with Crippen molar-refractivity contribution in [3.63, 3.8) is 0 Å². The van der Waals surface area contributed by atoms with Crippen molar-refractivity contribution in [3.8, 4) is 5.88 Å². The lowest BCUT2D eigenvalue weighted by molar-refractivity contribution is 0.180. The molecule has 0 amide bonds. The normalized spacial score (nSPS) is 17.7. The molecular formula is C15H26N4O. The number of nitrogens with zero attached hydrogens (tertiary/aromatic N) is 3. The maximum absolute atomic E-state index is 5.52. The third-order valence-corrected chi connectivity index (χ3v) is 3.69. The Hall–Kier alpha value is -1.36. The highest BCUT2D eigenvalue weighted by molar-refractivity contribution is 5.37. The molecule has 112 valence electrons. The van der Waals surface area contributed by atoms with Crippen molar-refractivity contribution in [1.29, 1.82) is 0 Å². The molecule has 2 heterocycles. The van der Waals surface area contributed by atoms with Crippen LogP contribution in [0.1, 0.15) is 39.5 Å². The summed E-state index contributed by atoms with van der Waals surface area (Å²) in [4.78, 5) is 10.9. The van der Waals surface area contributed by atoms with Gasteiger partial charge in [-0.1, -0.05) is 13.3 Å². The van der Waals surface area contributed by atoms with Crippen LogP contribution in [0.15, 0.2) is 12.4 Å². The van der Waals surface area contributed by atoms with Crippen LogP contribution in [0.5, 0.6) is 5.88 Å². The Bertz CT molecular complexity index is 393. The van der Waals surface area contributed by atoms with E-state index in [2.05, 4.69) is 34.0 Å². The molecule has 1 atom stereocenters. The lowest BCUT2D eigenvalue weighted by atomic mass is 10.1. The third kappa shape index (κ3) is 4.63. The molecule has 1 N–H and O–H groups in total. The van der Waals surface area contributed by atoms with Crippen LogP contribution < -0.4 is 10.1 Å². The average molecular weight is 278 g/mol. The topological polar surface area (TPSA) is 50.3 Å². The minimum Gasteiger partial charge on any atom is -0.478 e. The fraction of sp³-hybridized carbons (Fsp3) is 0.733. The molecule has 0 bridgehead atoms. The number of aromatic nitrogens is 2. The lowest BCUT2D eigenvalue weighted by Gasteiger charge is -2.32. The van der Waals surface area contributed by atoms with E-state index in [1.165, 1.54) is 32.4 Å². The molecule has 1 unspecified atom stereocenters. The van der Waals surface area contributed by atoms with Crippen molar-refractivity contribution >= 4 is 5.82 Å². The number of hydrogen-bond acceptors (Lipinski definition) is 5. The minimum absolute atomic E-state index is 0.533. The van der Waals surface area contributed by atoms with Crippen LogP contribution in [-0.2, 0) is 0 Å². The van der Waals surface area contributed by atoms with Gasteiger partial charge in [-0.25, -0.2) is 9.97 Å². The minimum atomic E-state index is 0.533. The average Bonchev–Trinajstić information content (AvgIpc) is 2.52. The molecule has 0 saturated carbocycles. The van der Waals surface area contributed by atoms with E-state index in [-0.39, 0.29) is 0 Å². The first-order chi connectivity index (χ1) is 9.79. The number of hydrogen-bond donors (Lipinski definition) is 1. The van der Waals surface area contributed by atoms with E-state index < -0.39 is 0 Å². The predicted octanol–water partition coefficient (Wildman–Crippen LogP) is 2.55. The van der Waals surface area contributed by atoms with Crippen LogP contribution in [0.25, 0.3) is 0 Å². The number of piperidine rings is 1. The second-order valence-electron chi connectivity index (χ2n) is 5.42. The molecule has 5 nitrogen and oxygen atoms in total. The van der Waals surface area contributed by atoms with Crippen molar-refractivity contribution in [2.75, 3.05) is 31.6 Å². The van der Waals surface area contributed by atoms with Crippen LogP contribution in [0.2, 0.25) is 0 Å². The van der Waals surface area contributed by atoms with Gasteiger partial charge < -0.3 is 10.1 Å². The van der Waals surface area contributed by atoms with E-state index in [0.29, 0.717) is 18.5 Å². The Kier molecular flexibility index (Phi) is 6.05. The van der Waals surface area contributed by atoms with Crippen molar-refractivity contribution in [1.82, 2.24) is 14.9 Å². The molecule has 1 aromatic heterocycles. The molecule has 0 aliphatic carbocycles. The van der Waals surface area contributed by atoms with Gasteiger partial charge in [0.15, 0.2) is 0 Å². The number of anilines is 1. The molecule has 20 heavy (non-hydrogen) atoms. The fourth-order valence-electron chi connectivity index (χ4n) is 2.46. The highest BCUT2D eigenvalue weighted by Gasteiger charge is 2.16. The van der Waals surface area contributed by atoms with Gasteiger partial charge in [-0.2, -0.15) is 0 Å². The van der Waals surface area contributed by atoms with Crippen LogP contribution in [-0.4, -0.2) is 47.2 Å². The molecule has 1 saturated heterocycles. The summed E-state index contributed by atoms with van der Waals surface area (Å²) in [7, 11) is 0. The summed E-state index contributed by atoms with van der Waals surface area (Å²) in [5.74, 6) is 1.49. The zero-order valence-electron chi connectivity index (χ0n) is 12.6. The molecule has 1 aromatic rings. The maximum Gasteiger partial charge on any atom is 0.218 e. The SMILES string of the molecule is CCCOc1cc(NCC(C)N2CCCCC2)ncn1. The van der Waals surface area contributed by atoms with Crippen LogP contribution in [0.4, 0.5) is 5.82 Å². The molecule has 0 radical (unpaired) electrons. The van der Waals surface area contributed by atoms with E-state index >= 15 is 0 Å². The summed E-state index contributed by atoms with van der Waals surface area (Å²) >= 11 is 0. The number of ether oxygens (including phenoxy) is 1. The number of rotatable bonds is 7. The van der Waals surface area contributed by atoms with Gasteiger partial charge in [0, 0.05) is 18.7 Å². The van der Waals surface area contributed by atoms with Crippen molar-refractivity contribution in [3.05, 3.63) is 12.4 Å². The highest BCUT2D eigenvalue weighted by Crippen LogP contribution is 2.14. The number of nitrogens with one attached hydrogen (secondary N) is 1. The summed E-state index contributed by atoms with van der Waals surface area (Å²) in [6.45, 7) is 8.40. The molecule has 1 aliphatic heterocycles. The Morgan fingerprint density at radius 3 is 2.85 bits per heavy atom. The second kappa shape index (κ2) is 8.04. The predicted molar refractivity (Wildman–Crippen MR) is 81.2 cm³/mol. The van der Waals surface area contributed by atoms with E-state index in [9.17, 15) is 0 Å². The van der Waals surface area contributed by atoms with Crippen molar-refractivity contribution in [2.45, 2.75) is 45.6 Å². The van der Waals surface area contributed by atoms with Crippen LogP contribution in [0.3, 0.4) is 0 Å². The van der Waals surface area contributed by atoms with Gasteiger partial charge in [0.1, 0.15) is 12.1 Å². The van der Waals surface area contributed by atoms with Crippen molar-refractivity contribution < 1.29 is 4.74 Å². The van der Waals surface area contributed by atoms with Gasteiger partial charge in [0.2, 0.25) is 5.88 Å². The first-order valence-electron chi connectivity index (χ1n) is 7.72. The van der Waals surface area contributed by atoms with Gasteiger partial charge >= 0.3 is 0 Å². The summed E-state index contributed by atoms with van der Waals surface area (Å²) in [6.07, 6.45) is 6.57. The molecule has 0 spiro atoms. The summed E-state index contributed by atoms with van der Waals surface area (Å²) in [6, 6.07) is 2.41. The van der Waals surface area contributed by atoms with Crippen LogP contribution in [0, 0.1) is 0 Å². The lowest BCUT2D eigenvalue weighted by Crippen LogP contribution is -2.41. The first-order valence-corrected chi connectivity index (χ1v) is 7.72. The second-order valence-corrected chi connectivity index (χ2v) is 5.42. The van der Waals surface area contributed by atoms with E-state index in [1.54, 1.807) is 6.33 Å². The van der Waals surface area contributed by atoms with E-state index in [0.717, 1.165) is 18.8 Å². The molecular weight excluding hydrogens is 252 g/mol. The molecule has 0 aromatic carbocycles. The van der Waals surface area contributed by atoms with Gasteiger partial charge in [-0.3, -0.25) is 4.90 Å². The van der Waals surface area contributed by atoms with E-state index in [1.807, 2.05) is 6.07 Å². The smallest absolute Gasteiger partial charge is 0.218 e. The Labute approximate surface area is 121 Å². The first kappa shape index (κ1) is 15.0. The third-order valence-electron chi connectivity index (χ3n) is 3.69. The van der Waals surface area contributed by atoms with Gasteiger partial charge in [-0.05, 0) is 39.3 Å². The molecule has 1 fully saturated rings. The summed E-state index contributed by atoms with van der Waals surface area (Å²) in [5, 5.41) is 3.39. The Morgan fingerprint density at radius 2 is 2.10 bits per heavy atom. The van der Waals surface area contributed by atoms with E-state index in [4.69, 9.17) is 4.74 Å². The van der Waals surface area contributed by atoms with Gasteiger partial charge in [0.25, 0.3) is 0 Å². The largest absolute Gasteiger partial charge is 0.478 e. The highest BCUT2D eigenvalue weighted by atomic mass is 16.5. The summed E-state index contributed by atoms with van der Waals surface area (Å²) < 4.78 is 5.52. The van der Waals surface area contributed by atoms with Crippen molar-refractivity contribution in [2.24, 2.45) is 0 Å². The standard InChI is InChI=1S/C15H26N4O/c1-3-9-20-15-10-14(17-12-18-15)16-11-13(2)19-7-5-4-6-8-19/h10,12-13H,3-9,11H2,1-2H3,(H,16,17,18). The fourth-order valence-corrected chi connectivity index (χ4v) is 2.46. The molecule has 1 aliphatic rings. The zero-order chi connectivity index (χ0) is 14.2. The maximum atomic E-state index is 5.52. The Morgan fingerprint density at radius 1 is 1.30 bits per heavy atom. The molecule has 5 heteroatoms. The van der Waals surface area contributed by atoms with Gasteiger partial charge in [-0.15, -0.1) is 0 Å². The Balaban J connectivity index is 1.80. The van der Waals surface area contributed by atoms with Gasteiger partial charge in [0.05, 0.1) is 6.61 Å².